The summed E-state index contributed by atoms with van der Waals surface area (Å²) in [5.41, 5.74) is 0.948. The van der Waals surface area contributed by atoms with Crippen molar-refractivity contribution in [2.45, 2.75) is 18.9 Å². The Morgan fingerprint density at radius 2 is 1.88 bits per heavy atom. The standard InChI is InChI=1S/C16H13Cl2N3O3/c17-12-5-4-11(8-13(12)18)20-16(22)9-1-6-14(19-10-2-3-10)15(7-9)21(23)24/h1,4-8,10,19H,2-3H2,(H,20,22). The van der Waals surface area contributed by atoms with Gasteiger partial charge >= 0.3 is 0 Å². The van der Waals surface area contributed by atoms with E-state index in [2.05, 4.69) is 10.6 Å². The Bertz CT molecular complexity index is 822. The van der Waals surface area contributed by atoms with Crippen LogP contribution in [0.2, 0.25) is 10.0 Å². The Kier molecular flexibility index (Phi) is 4.59. The van der Waals surface area contributed by atoms with Crippen molar-refractivity contribution in [3.63, 3.8) is 0 Å². The molecule has 1 aliphatic rings. The van der Waals surface area contributed by atoms with Gasteiger partial charge in [-0.25, -0.2) is 0 Å². The van der Waals surface area contributed by atoms with Crippen molar-refractivity contribution < 1.29 is 9.72 Å². The second kappa shape index (κ2) is 6.67. The van der Waals surface area contributed by atoms with Crippen LogP contribution in [0.1, 0.15) is 23.2 Å². The van der Waals surface area contributed by atoms with Gasteiger partial charge in [-0.1, -0.05) is 23.2 Å². The summed E-state index contributed by atoms with van der Waals surface area (Å²) < 4.78 is 0. The molecule has 3 rings (SSSR count). The lowest BCUT2D eigenvalue weighted by molar-refractivity contribution is -0.384. The fourth-order valence-corrected chi connectivity index (χ4v) is 2.47. The molecule has 1 amide bonds. The van der Waals surface area contributed by atoms with Gasteiger partial charge in [0.05, 0.1) is 15.0 Å². The molecule has 0 atom stereocenters. The highest BCUT2D eigenvalue weighted by molar-refractivity contribution is 6.42. The summed E-state index contributed by atoms with van der Waals surface area (Å²) in [5, 5.41) is 17.7. The molecule has 1 aliphatic carbocycles. The molecule has 124 valence electrons. The molecular weight excluding hydrogens is 353 g/mol. The zero-order valence-corrected chi connectivity index (χ0v) is 13.9. The van der Waals surface area contributed by atoms with Gasteiger partial charge < -0.3 is 10.6 Å². The molecule has 0 heterocycles. The first-order valence-electron chi connectivity index (χ1n) is 7.25. The summed E-state index contributed by atoms with van der Waals surface area (Å²) in [6.07, 6.45) is 1.99. The minimum absolute atomic E-state index is 0.122. The monoisotopic (exact) mass is 365 g/mol. The van der Waals surface area contributed by atoms with Crippen LogP contribution in [-0.4, -0.2) is 16.9 Å². The van der Waals surface area contributed by atoms with Gasteiger partial charge in [0.1, 0.15) is 5.69 Å². The normalized spacial score (nSPS) is 13.4. The van der Waals surface area contributed by atoms with Crippen molar-refractivity contribution in [1.82, 2.24) is 0 Å². The third-order valence-corrected chi connectivity index (χ3v) is 4.31. The van der Waals surface area contributed by atoms with Crippen LogP contribution >= 0.6 is 23.2 Å². The first-order valence-corrected chi connectivity index (χ1v) is 8.01. The molecule has 0 unspecified atom stereocenters. The Hall–Kier alpha value is -2.31. The van der Waals surface area contributed by atoms with Crippen molar-refractivity contribution >= 4 is 46.2 Å². The Morgan fingerprint density at radius 1 is 1.12 bits per heavy atom. The SMILES string of the molecule is O=C(Nc1ccc(Cl)c(Cl)c1)c1ccc(NC2CC2)c([N+](=O)[O-])c1. The fourth-order valence-electron chi connectivity index (χ4n) is 2.17. The van der Waals surface area contributed by atoms with Gasteiger partial charge in [0.15, 0.2) is 0 Å². The molecule has 0 aromatic heterocycles. The Balaban J connectivity index is 1.82. The van der Waals surface area contributed by atoms with E-state index < -0.39 is 10.8 Å². The number of carbonyl (C=O) groups excluding carboxylic acids is 1. The molecule has 0 saturated heterocycles. The topological polar surface area (TPSA) is 84.3 Å². The largest absolute Gasteiger partial charge is 0.377 e. The van der Waals surface area contributed by atoms with Crippen LogP contribution in [-0.2, 0) is 0 Å². The lowest BCUT2D eigenvalue weighted by Crippen LogP contribution is -2.13. The number of amides is 1. The fraction of sp³-hybridized carbons (Fsp3) is 0.188. The maximum absolute atomic E-state index is 12.3. The molecule has 24 heavy (non-hydrogen) atoms. The van der Waals surface area contributed by atoms with Crippen LogP contribution in [0.25, 0.3) is 0 Å². The number of anilines is 2. The number of nitro benzene ring substituents is 1. The highest BCUT2D eigenvalue weighted by atomic mass is 35.5. The molecule has 1 fully saturated rings. The van der Waals surface area contributed by atoms with Gasteiger partial charge in [-0.05, 0) is 43.2 Å². The molecule has 0 bridgehead atoms. The average molecular weight is 366 g/mol. The summed E-state index contributed by atoms with van der Waals surface area (Å²) in [7, 11) is 0. The number of benzene rings is 2. The summed E-state index contributed by atoms with van der Waals surface area (Å²) >= 11 is 11.7. The number of hydrogen-bond acceptors (Lipinski definition) is 4. The van der Waals surface area contributed by atoms with Crippen LogP contribution in [0.3, 0.4) is 0 Å². The second-order valence-electron chi connectivity index (χ2n) is 5.49. The number of rotatable bonds is 5. The van der Waals surface area contributed by atoms with E-state index in [9.17, 15) is 14.9 Å². The minimum Gasteiger partial charge on any atom is -0.377 e. The minimum atomic E-state index is -0.499. The number of halogens is 2. The molecule has 0 aliphatic heterocycles. The third kappa shape index (κ3) is 3.77. The molecular formula is C16H13Cl2N3O3. The Morgan fingerprint density at radius 3 is 2.50 bits per heavy atom. The van der Waals surface area contributed by atoms with Gasteiger partial charge in [0.25, 0.3) is 11.6 Å². The first-order chi connectivity index (χ1) is 11.4. The highest BCUT2D eigenvalue weighted by Gasteiger charge is 2.25. The molecule has 2 N–H and O–H groups in total. The van der Waals surface area contributed by atoms with Gasteiger partial charge in [-0.15, -0.1) is 0 Å². The first kappa shape index (κ1) is 16.5. The lowest BCUT2D eigenvalue weighted by Gasteiger charge is -2.09. The predicted octanol–water partition coefficient (Wildman–Crippen LogP) is 4.73. The zero-order chi connectivity index (χ0) is 17.3. The molecule has 2 aromatic rings. The Labute approximate surface area is 147 Å². The molecule has 2 aromatic carbocycles. The lowest BCUT2D eigenvalue weighted by atomic mass is 10.1. The van der Waals surface area contributed by atoms with Crippen molar-refractivity contribution in [1.29, 1.82) is 0 Å². The molecule has 0 radical (unpaired) electrons. The van der Waals surface area contributed by atoms with E-state index in [0.29, 0.717) is 21.4 Å². The maximum Gasteiger partial charge on any atom is 0.293 e. The van der Waals surface area contributed by atoms with Crippen molar-refractivity contribution in [3.8, 4) is 0 Å². The van der Waals surface area contributed by atoms with E-state index in [1.54, 1.807) is 24.3 Å². The summed E-state index contributed by atoms with van der Waals surface area (Å²) in [6.45, 7) is 0. The maximum atomic E-state index is 12.3. The number of nitrogens with one attached hydrogen (secondary N) is 2. The van der Waals surface area contributed by atoms with Crippen molar-refractivity contribution in [2.24, 2.45) is 0 Å². The van der Waals surface area contributed by atoms with E-state index in [-0.39, 0.29) is 17.3 Å². The second-order valence-corrected chi connectivity index (χ2v) is 6.31. The van der Waals surface area contributed by atoms with Crippen LogP contribution in [0.4, 0.5) is 17.1 Å². The van der Waals surface area contributed by atoms with E-state index in [0.717, 1.165) is 12.8 Å². The number of nitro groups is 1. The number of hydrogen-bond donors (Lipinski definition) is 2. The summed E-state index contributed by atoms with van der Waals surface area (Å²) in [6, 6.07) is 9.31. The third-order valence-electron chi connectivity index (χ3n) is 3.57. The summed E-state index contributed by atoms with van der Waals surface area (Å²) in [4.78, 5) is 23.0. The van der Waals surface area contributed by atoms with E-state index >= 15 is 0 Å². The average Bonchev–Trinajstić information content (AvgIpc) is 3.35. The van der Waals surface area contributed by atoms with Crippen LogP contribution in [0.15, 0.2) is 36.4 Å². The quantitative estimate of drug-likeness (QED) is 0.592. The van der Waals surface area contributed by atoms with Crippen molar-refractivity contribution in [2.75, 3.05) is 10.6 Å². The van der Waals surface area contributed by atoms with Gasteiger partial charge in [0.2, 0.25) is 0 Å². The van der Waals surface area contributed by atoms with Gasteiger partial charge in [-0.3, -0.25) is 14.9 Å². The molecule has 6 nitrogen and oxygen atoms in total. The highest BCUT2D eigenvalue weighted by Crippen LogP contribution is 2.32. The summed E-state index contributed by atoms with van der Waals surface area (Å²) in [5.74, 6) is -0.463. The van der Waals surface area contributed by atoms with E-state index in [1.165, 1.54) is 12.1 Å². The van der Waals surface area contributed by atoms with Gasteiger partial charge in [0, 0.05) is 23.4 Å². The van der Waals surface area contributed by atoms with Crippen molar-refractivity contribution in [3.05, 3.63) is 62.1 Å². The molecule has 1 saturated carbocycles. The molecule has 0 spiro atoms. The van der Waals surface area contributed by atoms with Crippen LogP contribution in [0, 0.1) is 10.1 Å². The predicted molar refractivity (Wildman–Crippen MR) is 94.2 cm³/mol. The van der Waals surface area contributed by atoms with Gasteiger partial charge in [-0.2, -0.15) is 0 Å². The number of carbonyl (C=O) groups is 1. The smallest absolute Gasteiger partial charge is 0.293 e. The molecule has 8 heteroatoms. The van der Waals surface area contributed by atoms with E-state index in [4.69, 9.17) is 23.2 Å². The zero-order valence-electron chi connectivity index (χ0n) is 12.4. The van der Waals surface area contributed by atoms with Crippen LogP contribution < -0.4 is 10.6 Å². The van der Waals surface area contributed by atoms with E-state index in [1.807, 2.05) is 0 Å². The van der Waals surface area contributed by atoms with Crippen LogP contribution in [0.5, 0.6) is 0 Å². The number of nitrogens with zero attached hydrogens (tertiary/aromatic N) is 1.